The first kappa shape index (κ1) is 24.6. The summed E-state index contributed by atoms with van der Waals surface area (Å²) in [6.45, 7) is 4.46. The first-order valence-electron chi connectivity index (χ1n) is 11.8. The number of rotatable bonds is 7. The van der Waals surface area contributed by atoms with Crippen LogP contribution in [0.5, 0.6) is 23.0 Å². The number of nitrogens with one attached hydrogen (secondary N) is 2. The fourth-order valence-corrected chi connectivity index (χ4v) is 4.36. The second-order valence-corrected chi connectivity index (χ2v) is 8.44. The second-order valence-electron chi connectivity index (χ2n) is 8.44. The SMILES string of the molecule is CCOc1ccc(OCC)c(NC(=O)c2cc3n(n2)[C@H](C(F)(F)F)C[C@@H](c2ccc4c(c2)OCO4)N3)c1. The molecule has 0 fully saturated rings. The zero-order valence-corrected chi connectivity index (χ0v) is 20.1. The van der Waals surface area contributed by atoms with Gasteiger partial charge in [-0.15, -0.1) is 0 Å². The van der Waals surface area contributed by atoms with Crippen molar-refractivity contribution in [2.75, 3.05) is 30.6 Å². The summed E-state index contributed by atoms with van der Waals surface area (Å²) in [5, 5.41) is 9.79. The van der Waals surface area contributed by atoms with Crippen molar-refractivity contribution in [3.05, 3.63) is 53.7 Å². The van der Waals surface area contributed by atoms with Crippen molar-refractivity contribution in [3.63, 3.8) is 0 Å². The molecule has 5 rings (SSSR count). The Morgan fingerprint density at radius 3 is 2.65 bits per heavy atom. The molecule has 2 aliphatic rings. The largest absolute Gasteiger partial charge is 0.494 e. The Kier molecular flexibility index (Phi) is 6.48. The predicted molar refractivity (Wildman–Crippen MR) is 128 cm³/mol. The zero-order chi connectivity index (χ0) is 26.2. The predicted octanol–water partition coefficient (Wildman–Crippen LogP) is 5.32. The summed E-state index contributed by atoms with van der Waals surface area (Å²) in [5.74, 6) is 1.32. The first-order valence-corrected chi connectivity index (χ1v) is 11.8. The lowest BCUT2D eigenvalue weighted by atomic mass is 9.96. The van der Waals surface area contributed by atoms with Gasteiger partial charge in [-0.1, -0.05) is 6.07 Å². The number of halogens is 3. The van der Waals surface area contributed by atoms with Gasteiger partial charge in [0.05, 0.1) is 24.9 Å². The van der Waals surface area contributed by atoms with Gasteiger partial charge in [-0.25, -0.2) is 4.68 Å². The maximum Gasteiger partial charge on any atom is 0.410 e. The zero-order valence-electron chi connectivity index (χ0n) is 20.1. The van der Waals surface area contributed by atoms with E-state index in [1.54, 1.807) is 43.3 Å². The minimum atomic E-state index is -4.58. The van der Waals surface area contributed by atoms with Gasteiger partial charge in [-0.3, -0.25) is 4.79 Å². The molecule has 0 bridgehead atoms. The number of hydrogen-bond donors (Lipinski definition) is 2. The van der Waals surface area contributed by atoms with E-state index in [9.17, 15) is 18.0 Å². The number of ether oxygens (including phenoxy) is 4. The van der Waals surface area contributed by atoms with E-state index >= 15 is 0 Å². The number of hydrogen-bond acceptors (Lipinski definition) is 7. The highest BCUT2D eigenvalue weighted by Crippen LogP contribution is 2.45. The molecule has 2 aromatic carbocycles. The summed E-state index contributed by atoms with van der Waals surface area (Å²) in [5.41, 5.74) is 0.751. The molecule has 0 saturated heterocycles. The van der Waals surface area contributed by atoms with E-state index < -0.39 is 24.2 Å². The second kappa shape index (κ2) is 9.75. The summed E-state index contributed by atoms with van der Waals surface area (Å²) < 4.78 is 64.8. The minimum absolute atomic E-state index is 0.0613. The fourth-order valence-electron chi connectivity index (χ4n) is 4.36. The fraction of sp³-hybridized carbons (Fsp3) is 0.360. The number of fused-ring (bicyclic) bond motifs is 2. The van der Waals surface area contributed by atoms with Gasteiger partial charge in [-0.2, -0.15) is 18.3 Å². The maximum absolute atomic E-state index is 14.1. The van der Waals surface area contributed by atoms with Crippen LogP contribution in [0.15, 0.2) is 42.5 Å². The third-order valence-corrected chi connectivity index (χ3v) is 6.03. The van der Waals surface area contributed by atoms with Crippen molar-refractivity contribution in [2.45, 2.75) is 38.5 Å². The van der Waals surface area contributed by atoms with Gasteiger partial charge >= 0.3 is 6.18 Å². The summed E-state index contributed by atoms with van der Waals surface area (Å²) in [4.78, 5) is 13.1. The van der Waals surface area contributed by atoms with E-state index in [0.717, 1.165) is 4.68 Å². The highest BCUT2D eigenvalue weighted by molar-refractivity contribution is 6.04. The molecule has 3 heterocycles. The van der Waals surface area contributed by atoms with Crippen LogP contribution in [0.1, 0.15) is 48.4 Å². The topological polar surface area (TPSA) is 95.9 Å². The Hall–Kier alpha value is -4.09. The molecule has 3 aromatic rings. The molecule has 0 aliphatic carbocycles. The number of alkyl halides is 3. The van der Waals surface area contributed by atoms with Gasteiger partial charge in [0, 0.05) is 18.6 Å². The molecule has 12 heteroatoms. The van der Waals surface area contributed by atoms with Gasteiger partial charge in [0.15, 0.2) is 23.2 Å². The lowest BCUT2D eigenvalue weighted by Gasteiger charge is -2.33. The van der Waals surface area contributed by atoms with Gasteiger partial charge in [0.25, 0.3) is 5.91 Å². The lowest BCUT2D eigenvalue weighted by Crippen LogP contribution is -2.35. The molecular weight excluding hydrogens is 493 g/mol. The number of aromatic nitrogens is 2. The molecule has 0 unspecified atom stereocenters. The molecule has 37 heavy (non-hydrogen) atoms. The van der Waals surface area contributed by atoms with Crippen molar-refractivity contribution >= 4 is 17.4 Å². The molecule has 2 atom stereocenters. The van der Waals surface area contributed by atoms with Crippen molar-refractivity contribution in [1.82, 2.24) is 9.78 Å². The average molecular weight is 518 g/mol. The molecule has 0 spiro atoms. The number of carbonyl (C=O) groups excluding carboxylic acids is 1. The molecule has 1 amide bonds. The number of anilines is 2. The van der Waals surface area contributed by atoms with Gasteiger partial charge in [0.1, 0.15) is 17.3 Å². The maximum atomic E-state index is 14.1. The van der Waals surface area contributed by atoms with Crippen LogP contribution >= 0.6 is 0 Å². The van der Waals surface area contributed by atoms with Crippen molar-refractivity contribution in [2.24, 2.45) is 0 Å². The van der Waals surface area contributed by atoms with E-state index in [4.69, 9.17) is 18.9 Å². The van der Waals surface area contributed by atoms with Crippen molar-refractivity contribution in [3.8, 4) is 23.0 Å². The number of benzene rings is 2. The summed E-state index contributed by atoms with van der Waals surface area (Å²) in [6, 6.07) is 8.66. The smallest absolute Gasteiger partial charge is 0.410 e. The Morgan fingerprint density at radius 2 is 1.89 bits per heavy atom. The molecule has 196 valence electrons. The van der Waals surface area contributed by atoms with E-state index in [1.165, 1.54) is 6.07 Å². The molecule has 0 saturated carbocycles. The Bertz CT molecular complexity index is 1310. The monoisotopic (exact) mass is 518 g/mol. The number of carbonyl (C=O) groups is 1. The van der Waals surface area contributed by atoms with Crippen LogP contribution in [-0.4, -0.2) is 41.9 Å². The van der Waals surface area contributed by atoms with Crippen LogP contribution in [0.25, 0.3) is 0 Å². The molecule has 9 nitrogen and oxygen atoms in total. The summed E-state index contributed by atoms with van der Waals surface area (Å²) in [7, 11) is 0. The normalized spacial score (nSPS) is 18.1. The molecule has 2 aliphatic heterocycles. The third-order valence-electron chi connectivity index (χ3n) is 6.03. The molecular formula is C25H25F3N4O5. The molecule has 2 N–H and O–H groups in total. The minimum Gasteiger partial charge on any atom is -0.494 e. The van der Waals surface area contributed by atoms with E-state index in [-0.39, 0.29) is 24.7 Å². The molecule has 1 aromatic heterocycles. The van der Waals surface area contributed by atoms with Crippen LogP contribution in [0.3, 0.4) is 0 Å². The van der Waals surface area contributed by atoms with E-state index in [1.807, 2.05) is 6.92 Å². The van der Waals surface area contributed by atoms with Gasteiger partial charge in [-0.05, 0) is 43.7 Å². The number of nitrogens with zero attached hydrogens (tertiary/aromatic N) is 2. The molecule has 0 radical (unpaired) electrons. The highest BCUT2D eigenvalue weighted by atomic mass is 19.4. The Balaban J connectivity index is 1.43. The van der Waals surface area contributed by atoms with E-state index in [2.05, 4.69) is 15.7 Å². The Morgan fingerprint density at radius 1 is 1.11 bits per heavy atom. The van der Waals surface area contributed by atoms with Gasteiger partial charge < -0.3 is 29.6 Å². The Labute approximate surface area is 210 Å². The quantitative estimate of drug-likeness (QED) is 0.437. The summed E-state index contributed by atoms with van der Waals surface area (Å²) >= 11 is 0. The van der Waals surface area contributed by atoms with Crippen LogP contribution in [0, 0.1) is 0 Å². The highest BCUT2D eigenvalue weighted by Gasteiger charge is 2.47. The van der Waals surface area contributed by atoms with Crippen LogP contribution < -0.4 is 29.6 Å². The third kappa shape index (κ3) is 4.95. The van der Waals surface area contributed by atoms with Crippen molar-refractivity contribution in [1.29, 1.82) is 0 Å². The first-order chi connectivity index (χ1) is 17.8. The lowest BCUT2D eigenvalue weighted by molar-refractivity contribution is -0.173. The van der Waals surface area contributed by atoms with E-state index in [0.29, 0.717) is 47.5 Å². The van der Waals surface area contributed by atoms with Gasteiger partial charge in [0.2, 0.25) is 6.79 Å². The van der Waals surface area contributed by atoms with Crippen LogP contribution in [0.4, 0.5) is 24.7 Å². The van der Waals surface area contributed by atoms with Crippen LogP contribution in [-0.2, 0) is 0 Å². The van der Waals surface area contributed by atoms with Crippen LogP contribution in [0.2, 0.25) is 0 Å². The standard InChI is InChI=1S/C25H25F3N4O5/c1-3-34-15-6-8-19(35-4-2)17(10-15)30-24(33)18-12-23-29-16(11-22(25(26,27)28)32(23)31-18)14-5-7-20-21(9-14)37-13-36-20/h5-10,12,16,22,29H,3-4,11,13H2,1-2H3,(H,30,33)/t16-,22-/m0/s1. The average Bonchev–Trinajstić information content (AvgIpc) is 3.51. The summed E-state index contributed by atoms with van der Waals surface area (Å²) in [6.07, 6.45) is -4.90. The van der Waals surface area contributed by atoms with Crippen molar-refractivity contribution < 1.29 is 36.9 Å². The number of amides is 1.